The lowest BCUT2D eigenvalue weighted by Crippen LogP contribution is -2.46. The third-order valence-electron chi connectivity index (χ3n) is 2.90. The van der Waals surface area contributed by atoms with Crippen molar-refractivity contribution in [3.63, 3.8) is 0 Å². The highest BCUT2D eigenvalue weighted by atomic mass is 35.5. The van der Waals surface area contributed by atoms with E-state index in [2.05, 4.69) is 10.6 Å². The number of amides is 2. The maximum absolute atomic E-state index is 13.0. The predicted octanol–water partition coefficient (Wildman–Crippen LogP) is 1.85. The zero-order valence-corrected chi connectivity index (χ0v) is 11.3. The van der Waals surface area contributed by atoms with Crippen LogP contribution in [0.3, 0.4) is 0 Å². The summed E-state index contributed by atoms with van der Waals surface area (Å²) in [6.07, 6.45) is 0. The molecule has 1 aliphatic heterocycles. The fourth-order valence-electron chi connectivity index (χ4n) is 1.98. The first-order chi connectivity index (χ1) is 9.56. The number of benzene rings is 1. The van der Waals surface area contributed by atoms with Crippen LogP contribution in [-0.2, 0) is 9.53 Å². The first-order valence-corrected chi connectivity index (χ1v) is 6.30. The highest BCUT2D eigenvalue weighted by Gasteiger charge is 2.32. The van der Waals surface area contributed by atoms with E-state index in [0.29, 0.717) is 5.56 Å². The number of methoxy groups -OCH3 is 1. The van der Waals surface area contributed by atoms with Gasteiger partial charge in [0, 0.05) is 5.70 Å². The fraction of sp³-hybridized carbons (Fsp3) is 0.231. The van der Waals surface area contributed by atoms with Gasteiger partial charge in [0.2, 0.25) is 0 Å². The Hall–Kier alpha value is -2.08. The van der Waals surface area contributed by atoms with E-state index in [1.165, 1.54) is 31.4 Å². The average Bonchev–Trinajstić information content (AvgIpc) is 2.46. The minimum Gasteiger partial charge on any atom is -0.466 e. The highest BCUT2D eigenvalue weighted by Crippen LogP contribution is 2.28. The van der Waals surface area contributed by atoms with Crippen LogP contribution in [0.15, 0.2) is 35.5 Å². The van der Waals surface area contributed by atoms with Gasteiger partial charge in [-0.15, -0.1) is 11.6 Å². The lowest BCUT2D eigenvalue weighted by atomic mass is 9.95. The van der Waals surface area contributed by atoms with Crippen molar-refractivity contribution in [2.45, 2.75) is 6.04 Å². The standard InChI is InChI=1S/C13H12ClFN2O3/c1-20-12(18)10-9(6-14)16-13(19)17-11(10)7-2-4-8(15)5-3-7/h2-5,11H,6H2,1H3,(H2,16,17,19). The smallest absolute Gasteiger partial charge is 0.338 e. The molecule has 2 rings (SSSR count). The van der Waals surface area contributed by atoms with Crippen molar-refractivity contribution < 1.29 is 18.7 Å². The lowest BCUT2D eigenvalue weighted by Gasteiger charge is -2.28. The molecule has 5 nitrogen and oxygen atoms in total. The zero-order chi connectivity index (χ0) is 14.7. The number of allylic oxidation sites excluding steroid dienone is 1. The Morgan fingerprint density at radius 2 is 2.05 bits per heavy atom. The molecule has 1 atom stereocenters. The molecule has 20 heavy (non-hydrogen) atoms. The summed E-state index contributed by atoms with van der Waals surface area (Å²) < 4.78 is 17.7. The fourth-order valence-corrected chi connectivity index (χ4v) is 2.19. The number of esters is 1. The molecule has 2 N–H and O–H groups in total. The van der Waals surface area contributed by atoms with Crippen LogP contribution in [0.4, 0.5) is 9.18 Å². The summed E-state index contributed by atoms with van der Waals surface area (Å²) in [4.78, 5) is 23.5. The second kappa shape index (κ2) is 5.92. The molecule has 106 valence electrons. The van der Waals surface area contributed by atoms with E-state index in [4.69, 9.17) is 16.3 Å². The number of ether oxygens (including phenoxy) is 1. The van der Waals surface area contributed by atoms with E-state index in [9.17, 15) is 14.0 Å². The van der Waals surface area contributed by atoms with E-state index >= 15 is 0 Å². The molecule has 0 fully saturated rings. The van der Waals surface area contributed by atoms with Crippen molar-refractivity contribution in [3.8, 4) is 0 Å². The summed E-state index contributed by atoms with van der Waals surface area (Å²) in [5.74, 6) is -1.06. The Morgan fingerprint density at radius 1 is 1.40 bits per heavy atom. The minimum atomic E-state index is -0.731. The summed E-state index contributed by atoms with van der Waals surface area (Å²) in [5.41, 5.74) is 1.04. The van der Waals surface area contributed by atoms with Crippen molar-refractivity contribution in [2.24, 2.45) is 0 Å². The van der Waals surface area contributed by atoms with Crippen molar-refractivity contribution in [1.29, 1.82) is 0 Å². The Balaban J connectivity index is 2.49. The summed E-state index contributed by atoms with van der Waals surface area (Å²) >= 11 is 5.75. The van der Waals surface area contributed by atoms with Gasteiger partial charge in [0.05, 0.1) is 24.6 Å². The number of nitrogens with one attached hydrogen (secondary N) is 2. The molecular formula is C13H12ClFN2O3. The maximum atomic E-state index is 13.0. The largest absolute Gasteiger partial charge is 0.466 e. The number of carbonyl (C=O) groups is 2. The highest BCUT2D eigenvalue weighted by molar-refractivity contribution is 6.20. The van der Waals surface area contributed by atoms with Crippen LogP contribution >= 0.6 is 11.6 Å². The van der Waals surface area contributed by atoms with Crippen molar-refractivity contribution in [1.82, 2.24) is 10.6 Å². The van der Waals surface area contributed by atoms with Gasteiger partial charge in [-0.1, -0.05) is 12.1 Å². The number of hydrogen-bond acceptors (Lipinski definition) is 3. The number of carbonyl (C=O) groups excluding carboxylic acids is 2. The van der Waals surface area contributed by atoms with Crippen LogP contribution in [0.25, 0.3) is 0 Å². The van der Waals surface area contributed by atoms with Crippen molar-refractivity contribution in [2.75, 3.05) is 13.0 Å². The molecule has 0 saturated carbocycles. The molecule has 0 aromatic heterocycles. The zero-order valence-electron chi connectivity index (χ0n) is 10.6. The van der Waals surface area contributed by atoms with E-state index in [1.54, 1.807) is 0 Å². The normalized spacial score (nSPS) is 18.4. The molecule has 0 spiro atoms. The van der Waals surface area contributed by atoms with Crippen molar-refractivity contribution in [3.05, 3.63) is 46.9 Å². The van der Waals surface area contributed by atoms with E-state index < -0.39 is 23.9 Å². The predicted molar refractivity (Wildman–Crippen MR) is 70.6 cm³/mol. The summed E-state index contributed by atoms with van der Waals surface area (Å²) in [7, 11) is 1.24. The maximum Gasteiger partial charge on any atom is 0.338 e. The Bertz CT molecular complexity index is 571. The molecule has 1 aliphatic rings. The number of urea groups is 1. The van der Waals surface area contributed by atoms with Gasteiger partial charge in [-0.3, -0.25) is 0 Å². The second-order valence-corrected chi connectivity index (χ2v) is 4.37. The van der Waals surface area contributed by atoms with Gasteiger partial charge in [-0.05, 0) is 17.7 Å². The number of alkyl halides is 1. The first-order valence-electron chi connectivity index (χ1n) is 5.77. The van der Waals surface area contributed by atoms with Gasteiger partial charge in [0.1, 0.15) is 5.82 Å². The SMILES string of the molecule is COC(=O)C1=C(CCl)NC(=O)NC1c1ccc(F)cc1. The third-order valence-corrected chi connectivity index (χ3v) is 3.16. The molecule has 1 aromatic rings. The molecule has 1 unspecified atom stereocenters. The molecule has 0 radical (unpaired) electrons. The van der Waals surface area contributed by atoms with Gasteiger partial charge in [0.15, 0.2) is 0 Å². The minimum absolute atomic E-state index is 0.0461. The quantitative estimate of drug-likeness (QED) is 0.661. The van der Waals surface area contributed by atoms with Crippen LogP contribution < -0.4 is 10.6 Å². The Kier molecular flexibility index (Phi) is 4.24. The molecule has 7 heteroatoms. The van der Waals surface area contributed by atoms with Crippen LogP contribution in [0.2, 0.25) is 0 Å². The van der Waals surface area contributed by atoms with Crippen LogP contribution in [0, 0.1) is 5.82 Å². The average molecular weight is 299 g/mol. The third kappa shape index (κ3) is 2.75. The lowest BCUT2D eigenvalue weighted by molar-refractivity contribution is -0.136. The van der Waals surface area contributed by atoms with Gasteiger partial charge in [-0.2, -0.15) is 0 Å². The topological polar surface area (TPSA) is 67.4 Å². The first kappa shape index (κ1) is 14.3. The summed E-state index contributed by atoms with van der Waals surface area (Å²) in [6.45, 7) is 0. The molecule has 0 saturated heterocycles. The monoisotopic (exact) mass is 298 g/mol. The Labute approximate surface area is 119 Å². The number of halogens is 2. The molecule has 1 aromatic carbocycles. The van der Waals surface area contributed by atoms with Gasteiger partial charge in [-0.25, -0.2) is 14.0 Å². The molecule has 0 bridgehead atoms. The number of rotatable bonds is 3. The van der Waals surface area contributed by atoms with E-state index in [0.717, 1.165) is 0 Å². The van der Waals surface area contributed by atoms with Crippen molar-refractivity contribution >= 4 is 23.6 Å². The van der Waals surface area contributed by atoms with E-state index in [-0.39, 0.29) is 17.2 Å². The summed E-state index contributed by atoms with van der Waals surface area (Å²) in [6, 6.07) is 4.26. The second-order valence-electron chi connectivity index (χ2n) is 4.10. The van der Waals surface area contributed by atoms with Gasteiger partial charge in [0.25, 0.3) is 0 Å². The van der Waals surface area contributed by atoms with Gasteiger partial charge < -0.3 is 15.4 Å². The van der Waals surface area contributed by atoms with Crippen LogP contribution in [-0.4, -0.2) is 25.0 Å². The molecule has 0 aliphatic carbocycles. The summed E-state index contributed by atoms with van der Waals surface area (Å²) in [5, 5.41) is 5.06. The van der Waals surface area contributed by atoms with Crippen LogP contribution in [0.5, 0.6) is 0 Å². The van der Waals surface area contributed by atoms with E-state index in [1.807, 2.05) is 0 Å². The number of hydrogen-bond donors (Lipinski definition) is 2. The molecule has 1 heterocycles. The molecule has 2 amide bonds. The molecular weight excluding hydrogens is 287 g/mol. The van der Waals surface area contributed by atoms with Crippen LogP contribution in [0.1, 0.15) is 11.6 Å². The van der Waals surface area contributed by atoms with Gasteiger partial charge >= 0.3 is 12.0 Å². The Morgan fingerprint density at radius 3 is 2.60 bits per heavy atom.